The third kappa shape index (κ3) is 8.79. The SMILES string of the molecule is CC(C)C(=O)[C@@H](N)C(C)C.CC(C)C(=O)[C@@H](N)Cc1ccc(O)cc1. The number of hydrogen-bond acceptors (Lipinski definition) is 5. The average Bonchev–Trinajstić information content (AvgIpc) is 2.54. The van der Waals surface area contributed by atoms with Crippen LogP contribution in [0.25, 0.3) is 0 Å². The van der Waals surface area contributed by atoms with Crippen molar-refractivity contribution in [1.82, 2.24) is 0 Å². The zero-order valence-electron chi connectivity index (χ0n) is 16.3. The number of carbonyl (C=O) groups excluding carboxylic acids is 2. The van der Waals surface area contributed by atoms with Crippen molar-refractivity contribution in [2.24, 2.45) is 29.2 Å². The summed E-state index contributed by atoms with van der Waals surface area (Å²) < 4.78 is 0. The fourth-order valence-electron chi connectivity index (χ4n) is 2.13. The molecule has 0 aromatic heterocycles. The van der Waals surface area contributed by atoms with Gasteiger partial charge in [0.05, 0.1) is 12.1 Å². The Morgan fingerprint density at radius 3 is 1.64 bits per heavy atom. The lowest BCUT2D eigenvalue weighted by Gasteiger charge is -2.15. The molecule has 0 saturated carbocycles. The van der Waals surface area contributed by atoms with E-state index < -0.39 is 6.04 Å². The topological polar surface area (TPSA) is 106 Å². The zero-order valence-corrected chi connectivity index (χ0v) is 16.3. The van der Waals surface area contributed by atoms with Crippen molar-refractivity contribution in [3.05, 3.63) is 29.8 Å². The summed E-state index contributed by atoms with van der Waals surface area (Å²) in [7, 11) is 0. The highest BCUT2D eigenvalue weighted by molar-refractivity contribution is 5.86. The van der Waals surface area contributed by atoms with E-state index in [9.17, 15) is 9.59 Å². The second-order valence-electron chi connectivity index (χ2n) is 7.36. The molecule has 0 unspecified atom stereocenters. The summed E-state index contributed by atoms with van der Waals surface area (Å²) in [6, 6.07) is 6.03. The number of Topliss-reactive ketones (excluding diaryl/α,β-unsaturated/α-hetero) is 2. The molecule has 1 rings (SSSR count). The van der Waals surface area contributed by atoms with Crippen LogP contribution in [0.2, 0.25) is 0 Å². The second-order valence-corrected chi connectivity index (χ2v) is 7.36. The predicted octanol–water partition coefficient (Wildman–Crippen LogP) is 2.68. The third-order valence-corrected chi connectivity index (χ3v) is 3.94. The predicted molar refractivity (Wildman–Crippen MR) is 102 cm³/mol. The van der Waals surface area contributed by atoms with Crippen molar-refractivity contribution in [3.63, 3.8) is 0 Å². The van der Waals surface area contributed by atoms with Crippen LogP contribution in [0.4, 0.5) is 0 Å². The fraction of sp³-hybridized carbons (Fsp3) is 0.600. The van der Waals surface area contributed by atoms with Gasteiger partial charge in [0, 0.05) is 11.8 Å². The molecule has 0 spiro atoms. The molecule has 2 atom stereocenters. The van der Waals surface area contributed by atoms with E-state index in [4.69, 9.17) is 16.6 Å². The van der Waals surface area contributed by atoms with E-state index in [1.165, 1.54) is 0 Å². The second kappa shape index (κ2) is 11.0. The molecule has 0 aliphatic carbocycles. The fourth-order valence-corrected chi connectivity index (χ4v) is 2.13. The van der Waals surface area contributed by atoms with Crippen LogP contribution >= 0.6 is 0 Å². The Kier molecular flexibility index (Phi) is 10.2. The summed E-state index contributed by atoms with van der Waals surface area (Å²) in [6.45, 7) is 11.4. The minimum atomic E-state index is -0.449. The summed E-state index contributed by atoms with van der Waals surface area (Å²) >= 11 is 0. The van der Waals surface area contributed by atoms with Crippen LogP contribution < -0.4 is 11.5 Å². The summed E-state index contributed by atoms with van der Waals surface area (Å²) in [5, 5.41) is 9.09. The average molecular weight is 351 g/mol. The van der Waals surface area contributed by atoms with Gasteiger partial charge in [0.25, 0.3) is 0 Å². The van der Waals surface area contributed by atoms with Crippen molar-refractivity contribution in [2.75, 3.05) is 0 Å². The minimum absolute atomic E-state index is 0.0304. The third-order valence-electron chi connectivity index (χ3n) is 3.94. The van der Waals surface area contributed by atoms with E-state index in [2.05, 4.69) is 0 Å². The first-order valence-corrected chi connectivity index (χ1v) is 8.83. The van der Waals surface area contributed by atoms with Gasteiger partial charge in [-0.25, -0.2) is 0 Å². The van der Waals surface area contributed by atoms with Crippen LogP contribution in [0.15, 0.2) is 24.3 Å². The van der Waals surface area contributed by atoms with Crippen LogP contribution in [0.1, 0.15) is 47.1 Å². The van der Waals surface area contributed by atoms with Crippen LogP contribution in [-0.4, -0.2) is 28.8 Å². The van der Waals surface area contributed by atoms with E-state index in [-0.39, 0.29) is 41.1 Å². The van der Waals surface area contributed by atoms with Gasteiger partial charge in [-0.1, -0.05) is 53.7 Å². The van der Waals surface area contributed by atoms with Crippen LogP contribution in [0.5, 0.6) is 5.75 Å². The number of phenolic OH excluding ortho intramolecular Hbond substituents is 1. The number of carbonyl (C=O) groups is 2. The lowest BCUT2D eigenvalue weighted by Crippen LogP contribution is -2.38. The molecule has 0 radical (unpaired) electrons. The molecule has 25 heavy (non-hydrogen) atoms. The van der Waals surface area contributed by atoms with Crippen molar-refractivity contribution in [3.8, 4) is 5.75 Å². The maximum atomic E-state index is 11.5. The molecule has 1 aromatic rings. The molecule has 0 aliphatic heterocycles. The van der Waals surface area contributed by atoms with Gasteiger partial charge in [-0.05, 0) is 30.0 Å². The molecular weight excluding hydrogens is 316 g/mol. The molecule has 142 valence electrons. The molecule has 5 N–H and O–H groups in total. The molecule has 1 aromatic carbocycles. The Labute approximate surface area is 151 Å². The normalized spacial score (nSPS) is 13.4. The number of nitrogens with two attached hydrogens (primary N) is 2. The molecule has 5 nitrogen and oxygen atoms in total. The Bertz CT molecular complexity index is 536. The first-order valence-electron chi connectivity index (χ1n) is 8.83. The monoisotopic (exact) mass is 350 g/mol. The van der Waals surface area contributed by atoms with Gasteiger partial charge in [0.1, 0.15) is 5.75 Å². The number of ketones is 2. The van der Waals surface area contributed by atoms with Gasteiger partial charge in [-0.2, -0.15) is 0 Å². The van der Waals surface area contributed by atoms with E-state index in [0.29, 0.717) is 6.42 Å². The number of rotatable bonds is 7. The highest BCUT2D eigenvalue weighted by Gasteiger charge is 2.19. The maximum Gasteiger partial charge on any atom is 0.152 e. The number of benzene rings is 1. The van der Waals surface area contributed by atoms with E-state index in [0.717, 1.165) is 5.56 Å². The summed E-state index contributed by atoms with van der Waals surface area (Å²) in [5.74, 6) is 0.755. The van der Waals surface area contributed by atoms with Crippen LogP contribution in [0.3, 0.4) is 0 Å². The largest absolute Gasteiger partial charge is 0.508 e. The van der Waals surface area contributed by atoms with Gasteiger partial charge in [-0.3, -0.25) is 9.59 Å². The van der Waals surface area contributed by atoms with Gasteiger partial charge in [-0.15, -0.1) is 0 Å². The van der Waals surface area contributed by atoms with E-state index >= 15 is 0 Å². The molecule has 0 fully saturated rings. The Morgan fingerprint density at radius 2 is 1.32 bits per heavy atom. The smallest absolute Gasteiger partial charge is 0.152 e. The highest BCUT2D eigenvalue weighted by atomic mass is 16.3. The maximum absolute atomic E-state index is 11.5. The lowest BCUT2D eigenvalue weighted by atomic mass is 9.94. The first kappa shape index (κ1) is 23.3. The van der Waals surface area contributed by atoms with E-state index in [1.807, 2.05) is 41.5 Å². The van der Waals surface area contributed by atoms with Crippen LogP contribution in [0, 0.1) is 17.8 Å². The Balaban J connectivity index is 0.000000504. The van der Waals surface area contributed by atoms with Crippen LogP contribution in [-0.2, 0) is 16.0 Å². The molecule has 0 heterocycles. The zero-order chi connectivity index (χ0) is 19.7. The van der Waals surface area contributed by atoms with Crippen molar-refractivity contribution < 1.29 is 14.7 Å². The van der Waals surface area contributed by atoms with Gasteiger partial charge < -0.3 is 16.6 Å². The molecule has 5 heteroatoms. The summed E-state index contributed by atoms with van der Waals surface area (Å²) in [4.78, 5) is 22.7. The lowest BCUT2D eigenvalue weighted by molar-refractivity contribution is -0.124. The standard InChI is InChI=1S/C12H17NO2.C8H17NO/c1-8(2)12(15)11(13)7-9-3-5-10(14)6-4-9;1-5(2)7(9)8(10)6(3)4/h3-6,8,11,14H,7,13H2,1-2H3;5-7H,9H2,1-4H3/t11-;7-/m00/s1. The quantitative estimate of drug-likeness (QED) is 0.701. The Morgan fingerprint density at radius 1 is 0.880 bits per heavy atom. The van der Waals surface area contributed by atoms with Crippen molar-refractivity contribution >= 4 is 11.6 Å². The van der Waals surface area contributed by atoms with E-state index in [1.54, 1.807) is 24.3 Å². The molecular formula is C20H34N2O3. The number of phenols is 1. The molecule has 0 amide bonds. The highest BCUT2D eigenvalue weighted by Crippen LogP contribution is 2.12. The number of hydrogen-bond donors (Lipinski definition) is 3. The van der Waals surface area contributed by atoms with Gasteiger partial charge >= 0.3 is 0 Å². The van der Waals surface area contributed by atoms with Crippen molar-refractivity contribution in [2.45, 2.75) is 60.0 Å². The molecule has 0 saturated heterocycles. The van der Waals surface area contributed by atoms with Gasteiger partial charge in [0.2, 0.25) is 0 Å². The van der Waals surface area contributed by atoms with Gasteiger partial charge in [0.15, 0.2) is 11.6 Å². The summed E-state index contributed by atoms with van der Waals surface area (Å²) in [5.41, 5.74) is 12.4. The molecule has 0 bridgehead atoms. The summed E-state index contributed by atoms with van der Waals surface area (Å²) in [6.07, 6.45) is 0.525. The Hall–Kier alpha value is -1.72. The number of aromatic hydroxyl groups is 1. The minimum Gasteiger partial charge on any atom is -0.508 e. The molecule has 0 aliphatic rings. The van der Waals surface area contributed by atoms with Crippen molar-refractivity contribution in [1.29, 1.82) is 0 Å². The first-order chi connectivity index (χ1) is 11.5.